The fourth-order valence-electron chi connectivity index (χ4n) is 5.36. The highest BCUT2D eigenvalue weighted by Crippen LogP contribution is 2.30. The summed E-state index contributed by atoms with van der Waals surface area (Å²) in [6.07, 6.45) is 1.05. The van der Waals surface area contributed by atoms with Crippen molar-refractivity contribution in [3.05, 3.63) is 89.2 Å². The summed E-state index contributed by atoms with van der Waals surface area (Å²) in [5.74, 6) is -0.266. The van der Waals surface area contributed by atoms with Crippen molar-refractivity contribution in [2.24, 2.45) is 0 Å². The second kappa shape index (κ2) is 13.5. The zero-order valence-electron chi connectivity index (χ0n) is 23.8. The number of amides is 3. The van der Waals surface area contributed by atoms with E-state index < -0.39 is 11.7 Å². The Morgan fingerprint density at radius 1 is 0.857 bits per heavy atom. The number of anilines is 2. The third-order valence-corrected chi connectivity index (χ3v) is 7.69. The quantitative estimate of drug-likeness (QED) is 0.450. The molecule has 2 saturated heterocycles. The second-order valence-electron chi connectivity index (χ2n) is 10.5. The van der Waals surface area contributed by atoms with Crippen LogP contribution in [0.4, 0.5) is 15.8 Å². The topological polar surface area (TPSA) is 94.2 Å². The normalized spacial score (nSPS) is 15.6. The Bertz CT molecular complexity index is 1420. The molecule has 0 aromatic heterocycles. The van der Waals surface area contributed by atoms with E-state index in [4.69, 9.17) is 4.74 Å². The molecular weight excluding hydrogens is 537 g/mol. The molecule has 42 heavy (non-hydrogen) atoms. The minimum Gasteiger partial charge on any atom is -0.497 e. The third-order valence-electron chi connectivity index (χ3n) is 7.69. The SMILES string of the molecule is COc1ccc(CC(=O)N2CCCN(c3ccc(C(=O)N4CCNCC4)cc3NC(=O)c3cccc(F)c3)CC2)cc1. The van der Waals surface area contributed by atoms with E-state index in [0.29, 0.717) is 56.9 Å². The van der Waals surface area contributed by atoms with Crippen molar-refractivity contribution in [2.75, 3.05) is 69.7 Å². The maximum Gasteiger partial charge on any atom is 0.255 e. The summed E-state index contributed by atoms with van der Waals surface area (Å²) in [5, 5.41) is 6.17. The van der Waals surface area contributed by atoms with Gasteiger partial charge in [-0.15, -0.1) is 0 Å². The number of halogens is 1. The van der Waals surface area contributed by atoms with Crippen molar-refractivity contribution in [1.82, 2.24) is 15.1 Å². The van der Waals surface area contributed by atoms with Gasteiger partial charge in [0.25, 0.3) is 11.8 Å². The van der Waals surface area contributed by atoms with Gasteiger partial charge in [0.15, 0.2) is 0 Å². The standard InChI is InChI=1S/C32H36FN5O4/c1-42-27-9-6-23(7-10-27)20-30(39)37-15-3-14-36(18-19-37)29-11-8-25(32(41)38-16-12-34-13-17-38)22-28(29)35-31(40)24-4-2-5-26(33)21-24/h2,4-11,21-22,34H,3,12-20H2,1H3,(H,35,40). The summed E-state index contributed by atoms with van der Waals surface area (Å²) in [5.41, 5.74) is 2.81. The first-order chi connectivity index (χ1) is 20.4. The van der Waals surface area contributed by atoms with Crippen LogP contribution >= 0.6 is 0 Å². The van der Waals surface area contributed by atoms with Crippen LogP contribution in [-0.2, 0) is 11.2 Å². The average Bonchev–Trinajstić information content (AvgIpc) is 3.28. The van der Waals surface area contributed by atoms with E-state index in [0.717, 1.165) is 36.5 Å². The molecule has 2 N–H and O–H groups in total. The Balaban J connectivity index is 1.34. The van der Waals surface area contributed by atoms with Crippen LogP contribution in [0.3, 0.4) is 0 Å². The van der Waals surface area contributed by atoms with Crippen molar-refractivity contribution < 1.29 is 23.5 Å². The van der Waals surface area contributed by atoms with Gasteiger partial charge in [-0.1, -0.05) is 18.2 Å². The number of carbonyl (C=O) groups is 3. The first-order valence-corrected chi connectivity index (χ1v) is 14.3. The van der Waals surface area contributed by atoms with Gasteiger partial charge in [0.05, 0.1) is 24.9 Å². The van der Waals surface area contributed by atoms with Crippen molar-refractivity contribution in [1.29, 1.82) is 0 Å². The van der Waals surface area contributed by atoms with Gasteiger partial charge in [0.1, 0.15) is 11.6 Å². The molecule has 0 bridgehead atoms. The van der Waals surface area contributed by atoms with Crippen LogP contribution in [0.1, 0.15) is 32.7 Å². The Kier molecular flexibility index (Phi) is 9.33. The summed E-state index contributed by atoms with van der Waals surface area (Å²) >= 11 is 0. The number of nitrogens with zero attached hydrogens (tertiary/aromatic N) is 3. The summed E-state index contributed by atoms with van der Waals surface area (Å²) in [6, 6.07) is 18.3. The minimum atomic E-state index is -0.502. The molecule has 2 fully saturated rings. The van der Waals surface area contributed by atoms with Crippen LogP contribution in [-0.4, -0.2) is 87.0 Å². The average molecular weight is 574 g/mol. The molecule has 0 atom stereocenters. The number of nitrogens with one attached hydrogen (secondary N) is 2. The summed E-state index contributed by atoms with van der Waals surface area (Å²) in [6.45, 7) is 5.05. The number of ether oxygens (including phenoxy) is 1. The van der Waals surface area contributed by atoms with E-state index in [2.05, 4.69) is 15.5 Å². The fraction of sp³-hybridized carbons (Fsp3) is 0.344. The van der Waals surface area contributed by atoms with Crippen molar-refractivity contribution in [2.45, 2.75) is 12.8 Å². The maximum absolute atomic E-state index is 13.8. The van der Waals surface area contributed by atoms with Gasteiger partial charge in [-0.05, 0) is 60.5 Å². The van der Waals surface area contributed by atoms with Gasteiger partial charge in [-0.25, -0.2) is 4.39 Å². The van der Waals surface area contributed by atoms with E-state index in [-0.39, 0.29) is 17.4 Å². The second-order valence-corrected chi connectivity index (χ2v) is 10.5. The summed E-state index contributed by atoms with van der Waals surface area (Å²) in [4.78, 5) is 45.3. The van der Waals surface area contributed by atoms with Crippen molar-refractivity contribution in [3.63, 3.8) is 0 Å². The highest BCUT2D eigenvalue weighted by molar-refractivity contribution is 6.07. The smallest absolute Gasteiger partial charge is 0.255 e. The first-order valence-electron chi connectivity index (χ1n) is 14.3. The Morgan fingerprint density at radius 3 is 2.38 bits per heavy atom. The van der Waals surface area contributed by atoms with Crippen LogP contribution in [0.15, 0.2) is 66.7 Å². The molecule has 2 aliphatic heterocycles. The number of methoxy groups -OCH3 is 1. The lowest BCUT2D eigenvalue weighted by atomic mass is 10.1. The molecule has 10 heteroatoms. The molecule has 9 nitrogen and oxygen atoms in total. The zero-order valence-corrected chi connectivity index (χ0v) is 23.8. The lowest BCUT2D eigenvalue weighted by Crippen LogP contribution is -2.46. The Labute approximate surface area is 245 Å². The lowest BCUT2D eigenvalue weighted by molar-refractivity contribution is -0.130. The van der Waals surface area contributed by atoms with Crippen LogP contribution < -0.4 is 20.3 Å². The van der Waals surface area contributed by atoms with E-state index in [1.807, 2.05) is 35.2 Å². The molecule has 0 aliphatic carbocycles. The molecule has 3 amide bonds. The molecule has 0 saturated carbocycles. The fourth-order valence-corrected chi connectivity index (χ4v) is 5.36. The Hall–Kier alpha value is -4.44. The molecule has 5 rings (SSSR count). The minimum absolute atomic E-state index is 0.0543. The molecule has 2 heterocycles. The van der Waals surface area contributed by atoms with E-state index in [9.17, 15) is 18.8 Å². The van der Waals surface area contributed by atoms with Gasteiger partial charge in [-0.3, -0.25) is 14.4 Å². The maximum atomic E-state index is 13.8. The van der Waals surface area contributed by atoms with Crippen LogP contribution in [0.5, 0.6) is 5.75 Å². The van der Waals surface area contributed by atoms with Crippen LogP contribution in [0, 0.1) is 5.82 Å². The molecule has 220 valence electrons. The van der Waals surface area contributed by atoms with Crippen molar-refractivity contribution >= 4 is 29.1 Å². The Morgan fingerprint density at radius 2 is 1.64 bits per heavy atom. The number of benzene rings is 3. The number of hydrogen-bond acceptors (Lipinski definition) is 6. The molecule has 3 aromatic carbocycles. The van der Waals surface area contributed by atoms with Gasteiger partial charge in [0.2, 0.25) is 5.91 Å². The van der Waals surface area contributed by atoms with Gasteiger partial charge >= 0.3 is 0 Å². The first kappa shape index (κ1) is 29.1. The third kappa shape index (κ3) is 7.06. The summed E-state index contributed by atoms with van der Waals surface area (Å²) in [7, 11) is 1.61. The number of rotatable bonds is 7. The molecule has 0 unspecified atom stereocenters. The van der Waals surface area contributed by atoms with E-state index >= 15 is 0 Å². The van der Waals surface area contributed by atoms with E-state index in [1.165, 1.54) is 18.2 Å². The monoisotopic (exact) mass is 573 g/mol. The highest BCUT2D eigenvalue weighted by atomic mass is 19.1. The molecule has 3 aromatic rings. The van der Waals surface area contributed by atoms with Gasteiger partial charge < -0.3 is 30.1 Å². The predicted octanol–water partition coefficient (Wildman–Crippen LogP) is 3.41. The molecular formula is C32H36FN5O4. The molecule has 0 spiro atoms. The molecule has 0 radical (unpaired) electrons. The number of carbonyl (C=O) groups excluding carboxylic acids is 3. The largest absolute Gasteiger partial charge is 0.497 e. The number of piperazine rings is 1. The highest BCUT2D eigenvalue weighted by Gasteiger charge is 2.24. The number of hydrogen-bond donors (Lipinski definition) is 2. The molecule has 2 aliphatic rings. The summed E-state index contributed by atoms with van der Waals surface area (Å²) < 4.78 is 19.1. The van der Waals surface area contributed by atoms with Crippen molar-refractivity contribution in [3.8, 4) is 5.75 Å². The zero-order chi connectivity index (χ0) is 29.5. The predicted molar refractivity (Wildman–Crippen MR) is 160 cm³/mol. The van der Waals surface area contributed by atoms with Crippen LogP contribution in [0.25, 0.3) is 0 Å². The lowest BCUT2D eigenvalue weighted by Gasteiger charge is -2.29. The van der Waals surface area contributed by atoms with Gasteiger partial charge in [-0.2, -0.15) is 0 Å². The van der Waals surface area contributed by atoms with E-state index in [1.54, 1.807) is 30.2 Å². The van der Waals surface area contributed by atoms with Crippen LogP contribution in [0.2, 0.25) is 0 Å². The van der Waals surface area contributed by atoms with Gasteiger partial charge in [0, 0.05) is 63.5 Å².